The highest BCUT2D eigenvalue weighted by Crippen LogP contribution is 2.33. The van der Waals surface area contributed by atoms with E-state index in [4.69, 9.17) is 4.74 Å². The van der Waals surface area contributed by atoms with E-state index in [-0.39, 0.29) is 5.83 Å². The normalized spacial score (nSPS) is 15.2. The predicted octanol–water partition coefficient (Wildman–Crippen LogP) is 6.05. The van der Waals surface area contributed by atoms with E-state index in [9.17, 15) is 0 Å². The molecule has 1 fully saturated rings. The third-order valence-corrected chi connectivity index (χ3v) is 5.33. The number of nitrogens with zero attached hydrogens (tertiary/aromatic N) is 1. The Morgan fingerprint density at radius 1 is 0.724 bits per heavy atom. The minimum Gasteiger partial charge on any atom is -0.492 e. The molecular weight excluding hydrogens is 361 g/mol. The Hall–Kier alpha value is -2.91. The van der Waals surface area contributed by atoms with Gasteiger partial charge in [-0.25, -0.2) is 4.39 Å². The number of likely N-dealkylation sites (tertiary alicyclic amines) is 1. The Bertz CT molecular complexity index is 929. The quantitative estimate of drug-likeness (QED) is 0.458. The average Bonchev–Trinajstić information content (AvgIpc) is 3.30. The van der Waals surface area contributed by atoms with Gasteiger partial charge in [0.25, 0.3) is 0 Å². The second-order valence-corrected chi connectivity index (χ2v) is 7.34. The fraction of sp³-hybridized carbons (Fsp3) is 0.231. The van der Waals surface area contributed by atoms with Crippen molar-refractivity contribution < 1.29 is 9.13 Å². The summed E-state index contributed by atoms with van der Waals surface area (Å²) in [6.45, 7) is 3.98. The Balaban J connectivity index is 1.56. The van der Waals surface area contributed by atoms with Gasteiger partial charge in [0.05, 0.1) is 0 Å². The summed E-state index contributed by atoms with van der Waals surface area (Å²) >= 11 is 0. The Morgan fingerprint density at radius 3 is 1.90 bits per heavy atom. The summed E-state index contributed by atoms with van der Waals surface area (Å²) in [5.41, 5.74) is 2.87. The Labute approximate surface area is 172 Å². The highest BCUT2D eigenvalue weighted by molar-refractivity contribution is 5.95. The summed E-state index contributed by atoms with van der Waals surface area (Å²) in [5.74, 6) is 0.597. The van der Waals surface area contributed by atoms with Crippen LogP contribution in [0.1, 0.15) is 29.5 Å². The number of ether oxygens (including phenoxy) is 1. The van der Waals surface area contributed by atoms with Crippen LogP contribution in [-0.4, -0.2) is 31.1 Å². The molecule has 0 amide bonds. The van der Waals surface area contributed by atoms with Crippen molar-refractivity contribution in [3.63, 3.8) is 0 Å². The maximum Gasteiger partial charge on any atom is 0.138 e. The van der Waals surface area contributed by atoms with Gasteiger partial charge >= 0.3 is 0 Å². The SMILES string of the molecule is F/C(=C(\c1ccccc1)c1ccc(OCCN2CCCC2)cc1)c1ccccc1. The molecule has 1 heterocycles. The van der Waals surface area contributed by atoms with Crippen molar-refractivity contribution in [3.05, 3.63) is 102 Å². The molecule has 0 atom stereocenters. The zero-order valence-electron chi connectivity index (χ0n) is 16.6. The molecule has 3 heteroatoms. The first kappa shape index (κ1) is 19.4. The van der Waals surface area contributed by atoms with Gasteiger partial charge in [-0.1, -0.05) is 72.8 Å². The largest absolute Gasteiger partial charge is 0.492 e. The molecule has 0 aliphatic carbocycles. The lowest BCUT2D eigenvalue weighted by Gasteiger charge is -2.15. The zero-order valence-corrected chi connectivity index (χ0v) is 16.6. The molecule has 1 saturated heterocycles. The molecule has 0 unspecified atom stereocenters. The van der Waals surface area contributed by atoms with Gasteiger partial charge in [-0.2, -0.15) is 0 Å². The number of halogens is 1. The van der Waals surface area contributed by atoms with Crippen LogP contribution >= 0.6 is 0 Å². The molecule has 29 heavy (non-hydrogen) atoms. The van der Waals surface area contributed by atoms with E-state index in [1.54, 1.807) is 12.1 Å². The van der Waals surface area contributed by atoms with E-state index in [0.717, 1.165) is 23.4 Å². The lowest BCUT2D eigenvalue weighted by atomic mass is 9.95. The van der Waals surface area contributed by atoms with Crippen molar-refractivity contribution in [1.29, 1.82) is 0 Å². The van der Waals surface area contributed by atoms with Crippen LogP contribution in [0.2, 0.25) is 0 Å². The summed E-state index contributed by atoms with van der Waals surface area (Å²) in [4.78, 5) is 2.43. The second kappa shape index (κ2) is 9.53. The van der Waals surface area contributed by atoms with Gasteiger partial charge in [0.1, 0.15) is 18.2 Å². The number of hydrogen-bond donors (Lipinski definition) is 0. The van der Waals surface area contributed by atoms with Crippen LogP contribution in [0.25, 0.3) is 11.4 Å². The van der Waals surface area contributed by atoms with Crippen LogP contribution in [0.3, 0.4) is 0 Å². The first-order chi connectivity index (χ1) is 14.3. The molecule has 3 aromatic carbocycles. The van der Waals surface area contributed by atoms with Gasteiger partial charge in [-0.15, -0.1) is 0 Å². The zero-order chi connectivity index (χ0) is 19.9. The molecule has 0 spiro atoms. The van der Waals surface area contributed by atoms with Crippen molar-refractivity contribution in [2.24, 2.45) is 0 Å². The fourth-order valence-electron chi connectivity index (χ4n) is 3.77. The third kappa shape index (κ3) is 4.93. The van der Waals surface area contributed by atoms with Crippen molar-refractivity contribution in [1.82, 2.24) is 4.90 Å². The molecule has 0 radical (unpaired) electrons. The van der Waals surface area contributed by atoms with E-state index in [1.807, 2.05) is 72.8 Å². The van der Waals surface area contributed by atoms with E-state index in [0.29, 0.717) is 17.7 Å². The first-order valence-corrected chi connectivity index (χ1v) is 10.3. The van der Waals surface area contributed by atoms with Crippen molar-refractivity contribution in [2.75, 3.05) is 26.2 Å². The summed E-state index contributed by atoms with van der Waals surface area (Å²) < 4.78 is 21.4. The van der Waals surface area contributed by atoms with Gasteiger partial charge < -0.3 is 4.74 Å². The van der Waals surface area contributed by atoms with Crippen molar-refractivity contribution >= 4 is 11.4 Å². The highest BCUT2D eigenvalue weighted by atomic mass is 19.1. The van der Waals surface area contributed by atoms with Crippen molar-refractivity contribution in [3.8, 4) is 5.75 Å². The minimum atomic E-state index is -0.223. The molecule has 1 aliphatic rings. The predicted molar refractivity (Wildman–Crippen MR) is 118 cm³/mol. The standard InChI is InChI=1S/C26H26FNO/c27-26(23-11-5-2-6-12-23)25(21-9-3-1-4-10-21)22-13-15-24(16-14-22)29-20-19-28-17-7-8-18-28/h1-6,9-16H,7-8,17-20H2/b26-25+. The maximum atomic E-state index is 15.5. The summed E-state index contributed by atoms with van der Waals surface area (Å²) in [7, 11) is 0. The molecule has 0 bridgehead atoms. The van der Waals surface area contributed by atoms with Crippen molar-refractivity contribution in [2.45, 2.75) is 12.8 Å². The minimum absolute atomic E-state index is 0.223. The second-order valence-electron chi connectivity index (χ2n) is 7.34. The van der Waals surface area contributed by atoms with Gasteiger partial charge in [0.15, 0.2) is 0 Å². The molecule has 2 nitrogen and oxygen atoms in total. The van der Waals surface area contributed by atoms with E-state index in [2.05, 4.69) is 4.90 Å². The highest BCUT2D eigenvalue weighted by Gasteiger charge is 2.14. The summed E-state index contributed by atoms with van der Waals surface area (Å²) in [6, 6.07) is 26.6. The maximum absolute atomic E-state index is 15.5. The van der Waals surface area contributed by atoms with Gasteiger partial charge in [0.2, 0.25) is 0 Å². The lowest BCUT2D eigenvalue weighted by molar-refractivity contribution is 0.238. The van der Waals surface area contributed by atoms with E-state index in [1.165, 1.54) is 25.9 Å². The monoisotopic (exact) mass is 387 g/mol. The number of rotatable bonds is 7. The molecule has 4 rings (SSSR count). The first-order valence-electron chi connectivity index (χ1n) is 10.3. The van der Waals surface area contributed by atoms with Crippen LogP contribution in [-0.2, 0) is 0 Å². The average molecular weight is 387 g/mol. The molecule has 1 aliphatic heterocycles. The molecule has 0 N–H and O–H groups in total. The molecule has 0 aromatic heterocycles. The van der Waals surface area contributed by atoms with Crippen LogP contribution in [0, 0.1) is 0 Å². The van der Waals surface area contributed by atoms with Gasteiger partial charge in [0, 0.05) is 17.7 Å². The Morgan fingerprint density at radius 2 is 1.28 bits per heavy atom. The smallest absolute Gasteiger partial charge is 0.138 e. The van der Waals surface area contributed by atoms with Crippen LogP contribution in [0.5, 0.6) is 5.75 Å². The fourth-order valence-corrected chi connectivity index (χ4v) is 3.77. The molecule has 0 saturated carbocycles. The number of benzene rings is 3. The van der Waals surface area contributed by atoms with Gasteiger partial charge in [-0.3, -0.25) is 4.90 Å². The number of hydrogen-bond acceptors (Lipinski definition) is 2. The molecule has 148 valence electrons. The third-order valence-electron chi connectivity index (χ3n) is 5.33. The summed E-state index contributed by atoms with van der Waals surface area (Å²) in [5, 5.41) is 0. The Kier molecular flexibility index (Phi) is 6.38. The lowest BCUT2D eigenvalue weighted by Crippen LogP contribution is -2.25. The van der Waals surface area contributed by atoms with Crippen LogP contribution in [0.4, 0.5) is 4.39 Å². The van der Waals surface area contributed by atoms with Crippen LogP contribution in [0.15, 0.2) is 84.9 Å². The molecule has 3 aromatic rings. The van der Waals surface area contributed by atoms with Crippen LogP contribution < -0.4 is 4.74 Å². The topological polar surface area (TPSA) is 12.5 Å². The summed E-state index contributed by atoms with van der Waals surface area (Å²) in [6.07, 6.45) is 2.58. The van der Waals surface area contributed by atoms with E-state index >= 15 is 4.39 Å². The molecular formula is C26H26FNO. The van der Waals surface area contributed by atoms with Gasteiger partial charge in [-0.05, 0) is 49.2 Å². The van der Waals surface area contributed by atoms with E-state index < -0.39 is 0 Å².